The van der Waals surface area contributed by atoms with Crippen LogP contribution in [0.3, 0.4) is 0 Å². The summed E-state index contributed by atoms with van der Waals surface area (Å²) in [5.74, 6) is 0. The topological polar surface area (TPSA) is 54.5 Å². The Morgan fingerprint density at radius 2 is 1.62 bits per heavy atom. The Morgan fingerprint density at radius 1 is 1.12 bits per heavy atom. The van der Waals surface area contributed by atoms with E-state index in [2.05, 4.69) is 0 Å². The maximum absolute atomic E-state index is 12.2. The van der Waals surface area contributed by atoms with Crippen LogP contribution in [0, 0.1) is 0 Å². The first-order valence-electron chi connectivity index (χ1n) is 3.92. The molecule has 1 amide bonds. The molecule has 0 aliphatic carbocycles. The van der Waals surface area contributed by atoms with Crippen LogP contribution in [0.2, 0.25) is 0 Å². The molecule has 0 aromatic heterocycles. The second-order valence-electron chi connectivity index (χ2n) is 2.69. The number of halogens is 3. The highest BCUT2D eigenvalue weighted by Crippen LogP contribution is 2.26. The Hall–Kier alpha value is -1.57. The lowest BCUT2D eigenvalue weighted by Gasteiger charge is -2.19. The summed E-state index contributed by atoms with van der Waals surface area (Å²) in [6, 6.07) is 5.89. The van der Waals surface area contributed by atoms with Crippen molar-refractivity contribution in [2.75, 3.05) is 0 Å². The molecule has 0 heterocycles. The SMILES string of the molecule is O=CN(C(F)(F)F)S(=O)(=O)c1ccccc1. The quantitative estimate of drug-likeness (QED) is 0.603. The molecular formula is C8H6F3NO3S. The van der Waals surface area contributed by atoms with Crippen molar-refractivity contribution in [3.05, 3.63) is 30.3 Å². The number of carbonyl (C=O) groups is 1. The molecule has 1 aromatic carbocycles. The minimum Gasteiger partial charge on any atom is -0.277 e. The van der Waals surface area contributed by atoms with Crippen LogP contribution in [0.15, 0.2) is 35.2 Å². The first kappa shape index (κ1) is 12.5. The lowest BCUT2D eigenvalue weighted by molar-refractivity contribution is -0.204. The van der Waals surface area contributed by atoms with Gasteiger partial charge >= 0.3 is 6.30 Å². The van der Waals surface area contributed by atoms with E-state index >= 15 is 0 Å². The lowest BCUT2D eigenvalue weighted by atomic mass is 10.4. The molecule has 0 fully saturated rings. The highest BCUT2D eigenvalue weighted by molar-refractivity contribution is 7.89. The van der Waals surface area contributed by atoms with Crippen LogP contribution in [0.5, 0.6) is 0 Å². The molecule has 0 spiro atoms. The van der Waals surface area contributed by atoms with Crippen molar-refractivity contribution >= 4 is 16.4 Å². The van der Waals surface area contributed by atoms with Gasteiger partial charge in [-0.1, -0.05) is 18.2 Å². The molecule has 0 unspecified atom stereocenters. The van der Waals surface area contributed by atoms with Gasteiger partial charge in [0.25, 0.3) is 10.0 Å². The third kappa shape index (κ3) is 2.32. The fourth-order valence-electron chi connectivity index (χ4n) is 0.959. The maximum atomic E-state index is 12.2. The van der Waals surface area contributed by atoms with Gasteiger partial charge in [0, 0.05) is 0 Å². The van der Waals surface area contributed by atoms with Crippen LogP contribution < -0.4 is 0 Å². The van der Waals surface area contributed by atoms with E-state index in [9.17, 15) is 26.4 Å². The van der Waals surface area contributed by atoms with Gasteiger partial charge in [-0.05, 0) is 12.1 Å². The summed E-state index contributed by atoms with van der Waals surface area (Å²) in [4.78, 5) is 9.60. The second-order valence-corrected chi connectivity index (χ2v) is 4.50. The summed E-state index contributed by atoms with van der Waals surface area (Å²) in [6.45, 7) is 0. The highest BCUT2D eigenvalue weighted by Gasteiger charge is 2.45. The fraction of sp³-hybridized carbons (Fsp3) is 0.125. The van der Waals surface area contributed by atoms with Crippen molar-refractivity contribution in [1.29, 1.82) is 0 Å². The zero-order valence-electron chi connectivity index (χ0n) is 7.68. The Kier molecular flexibility index (Phi) is 3.22. The fourth-order valence-corrected chi connectivity index (χ4v) is 2.07. The molecule has 0 aliphatic heterocycles. The molecule has 0 aliphatic rings. The van der Waals surface area contributed by atoms with Crippen molar-refractivity contribution in [2.24, 2.45) is 0 Å². The van der Waals surface area contributed by atoms with Gasteiger partial charge in [0.15, 0.2) is 0 Å². The van der Waals surface area contributed by atoms with Gasteiger partial charge in [0.1, 0.15) is 0 Å². The molecule has 16 heavy (non-hydrogen) atoms. The molecular weight excluding hydrogens is 247 g/mol. The number of benzene rings is 1. The summed E-state index contributed by atoms with van der Waals surface area (Å²) in [6.07, 6.45) is -6.04. The van der Waals surface area contributed by atoms with Crippen molar-refractivity contribution in [3.8, 4) is 0 Å². The first-order chi connectivity index (χ1) is 7.30. The average molecular weight is 253 g/mol. The molecule has 4 nitrogen and oxygen atoms in total. The van der Waals surface area contributed by atoms with Gasteiger partial charge in [0.2, 0.25) is 6.41 Å². The predicted molar refractivity (Wildman–Crippen MR) is 47.6 cm³/mol. The number of alkyl halides is 3. The van der Waals surface area contributed by atoms with Crippen molar-refractivity contribution < 1.29 is 26.4 Å². The van der Waals surface area contributed by atoms with Gasteiger partial charge in [0.05, 0.1) is 4.90 Å². The molecule has 0 saturated carbocycles. The number of sulfonamides is 1. The van der Waals surface area contributed by atoms with Crippen LogP contribution in [0.4, 0.5) is 13.2 Å². The minimum atomic E-state index is -5.27. The largest absolute Gasteiger partial charge is 0.500 e. The molecule has 8 heteroatoms. The summed E-state index contributed by atoms with van der Waals surface area (Å²) >= 11 is 0. The number of nitrogens with zero attached hydrogens (tertiary/aromatic N) is 1. The van der Waals surface area contributed by atoms with Crippen molar-refractivity contribution in [2.45, 2.75) is 11.2 Å². The van der Waals surface area contributed by atoms with Crippen LogP contribution in [0.25, 0.3) is 0 Å². The Labute approximate surface area is 89.3 Å². The Morgan fingerprint density at radius 3 is 2.00 bits per heavy atom. The van der Waals surface area contributed by atoms with E-state index in [0.717, 1.165) is 12.1 Å². The van der Waals surface area contributed by atoms with Gasteiger partial charge < -0.3 is 0 Å². The number of hydrogen-bond acceptors (Lipinski definition) is 3. The first-order valence-corrected chi connectivity index (χ1v) is 5.36. The van der Waals surface area contributed by atoms with E-state index in [1.807, 2.05) is 0 Å². The van der Waals surface area contributed by atoms with Gasteiger partial charge in [-0.25, -0.2) is 8.42 Å². The van der Waals surface area contributed by atoms with Crippen molar-refractivity contribution in [3.63, 3.8) is 0 Å². The van der Waals surface area contributed by atoms with Gasteiger partial charge in [-0.15, -0.1) is 17.5 Å². The molecule has 0 bridgehead atoms. The normalized spacial score (nSPS) is 12.2. The van der Waals surface area contributed by atoms with E-state index in [4.69, 9.17) is 0 Å². The third-order valence-electron chi connectivity index (χ3n) is 1.65. The Bertz CT molecular complexity index is 469. The van der Waals surface area contributed by atoms with E-state index in [1.54, 1.807) is 0 Å². The molecule has 0 saturated heterocycles. The Balaban J connectivity index is 3.26. The lowest BCUT2D eigenvalue weighted by Crippen LogP contribution is -2.41. The molecule has 1 rings (SSSR count). The smallest absolute Gasteiger partial charge is 0.277 e. The minimum absolute atomic E-state index is 0.598. The van der Waals surface area contributed by atoms with Gasteiger partial charge in [-0.3, -0.25) is 4.79 Å². The molecule has 0 atom stereocenters. The van der Waals surface area contributed by atoms with E-state index < -0.39 is 31.9 Å². The zero-order valence-corrected chi connectivity index (χ0v) is 8.49. The van der Waals surface area contributed by atoms with E-state index in [-0.39, 0.29) is 0 Å². The molecule has 88 valence electrons. The summed E-state index contributed by atoms with van der Waals surface area (Å²) < 4.78 is 58.2. The molecule has 1 aromatic rings. The monoisotopic (exact) mass is 253 g/mol. The summed E-state index contributed by atoms with van der Waals surface area (Å²) in [5, 5.41) is 0. The zero-order chi connectivity index (χ0) is 12.4. The number of carbonyl (C=O) groups excluding carboxylic acids is 1. The van der Waals surface area contributed by atoms with Crippen molar-refractivity contribution in [1.82, 2.24) is 4.31 Å². The van der Waals surface area contributed by atoms with Crippen LogP contribution in [-0.2, 0) is 14.8 Å². The van der Waals surface area contributed by atoms with E-state index in [0.29, 0.717) is 0 Å². The van der Waals surface area contributed by atoms with E-state index in [1.165, 1.54) is 18.2 Å². The summed E-state index contributed by atoms with van der Waals surface area (Å²) in [7, 11) is -4.87. The van der Waals surface area contributed by atoms with Crippen LogP contribution in [-0.4, -0.2) is 25.4 Å². The number of rotatable bonds is 3. The molecule has 0 radical (unpaired) electrons. The van der Waals surface area contributed by atoms with Crippen LogP contribution in [0.1, 0.15) is 0 Å². The second kappa shape index (κ2) is 4.12. The maximum Gasteiger partial charge on any atom is 0.500 e. The highest BCUT2D eigenvalue weighted by atomic mass is 32.2. The standard InChI is InChI=1S/C8H6F3NO3S/c9-8(10,11)12(6-13)16(14,15)7-4-2-1-3-5-7/h1-6H. The van der Waals surface area contributed by atoms with Gasteiger partial charge in [-0.2, -0.15) is 0 Å². The summed E-state index contributed by atoms with van der Waals surface area (Å²) in [5.41, 5.74) is 0. The number of hydrogen-bond donors (Lipinski definition) is 0. The molecule has 0 N–H and O–H groups in total. The predicted octanol–water partition coefficient (Wildman–Crippen LogP) is 1.35. The van der Waals surface area contributed by atoms with Crippen LogP contribution >= 0.6 is 0 Å². The average Bonchev–Trinajstić information content (AvgIpc) is 2.17. The third-order valence-corrected chi connectivity index (χ3v) is 3.32. The number of amides is 1.